The molecule has 114 valence electrons. The second-order valence-corrected chi connectivity index (χ2v) is 5.97. The average molecular weight is 282 g/mol. The number of carbonyl (C=O) groups excluding carboxylic acids is 1. The lowest BCUT2D eigenvalue weighted by atomic mass is 10.1. The number of likely N-dealkylation sites (tertiary alicyclic amines) is 1. The largest absolute Gasteiger partial charge is 0.513 e. The van der Waals surface area contributed by atoms with Crippen molar-refractivity contribution < 1.29 is 14.6 Å². The van der Waals surface area contributed by atoms with E-state index in [1.54, 1.807) is 4.90 Å². The van der Waals surface area contributed by atoms with Crippen LogP contribution in [0.2, 0.25) is 0 Å². The summed E-state index contributed by atoms with van der Waals surface area (Å²) in [6, 6.07) is 0.267. The first-order valence-electron chi connectivity index (χ1n) is 7.07. The van der Waals surface area contributed by atoms with Gasteiger partial charge in [-0.15, -0.1) is 0 Å². The number of aliphatic hydroxyl groups excluding tert-OH is 1. The molecule has 1 fully saturated rings. The van der Waals surface area contributed by atoms with Crippen LogP contribution in [-0.4, -0.2) is 40.8 Å². The summed E-state index contributed by atoms with van der Waals surface area (Å²) in [6.07, 6.45) is 6.19. The molecule has 5 heteroatoms. The van der Waals surface area contributed by atoms with Gasteiger partial charge >= 0.3 is 6.09 Å². The standard InChI is InChI=1S/C15H26N2O3/c1-5-6-13(11-18)16-12-7-9-17(10-8-12)14(19)20-15(2,3)4/h5-6,11-12,16,18H,7-10H2,1-4H3/b6-5-,13-11+. The number of allylic oxidation sites excluding steroid dienone is 2. The van der Waals surface area contributed by atoms with Gasteiger partial charge in [-0.3, -0.25) is 0 Å². The van der Waals surface area contributed by atoms with E-state index >= 15 is 0 Å². The quantitative estimate of drug-likeness (QED) is 0.617. The van der Waals surface area contributed by atoms with Crippen LogP contribution >= 0.6 is 0 Å². The fourth-order valence-corrected chi connectivity index (χ4v) is 2.08. The molecule has 0 unspecified atom stereocenters. The first-order valence-corrected chi connectivity index (χ1v) is 7.07. The van der Waals surface area contributed by atoms with E-state index in [0.29, 0.717) is 18.8 Å². The van der Waals surface area contributed by atoms with Gasteiger partial charge in [-0.2, -0.15) is 0 Å². The Labute approximate surface area is 121 Å². The molecule has 1 amide bonds. The third kappa shape index (κ3) is 5.55. The molecule has 0 radical (unpaired) electrons. The van der Waals surface area contributed by atoms with Gasteiger partial charge in [0.15, 0.2) is 0 Å². The molecule has 0 aromatic rings. The molecular formula is C15H26N2O3. The minimum atomic E-state index is -0.453. The van der Waals surface area contributed by atoms with Gasteiger partial charge in [0.05, 0.1) is 5.70 Å². The van der Waals surface area contributed by atoms with Crippen molar-refractivity contribution in [2.24, 2.45) is 0 Å². The zero-order chi connectivity index (χ0) is 15.2. The first-order chi connectivity index (χ1) is 9.35. The third-order valence-corrected chi connectivity index (χ3v) is 3.00. The summed E-state index contributed by atoms with van der Waals surface area (Å²) in [5.41, 5.74) is 0.244. The third-order valence-electron chi connectivity index (χ3n) is 3.00. The molecule has 1 saturated heterocycles. The lowest BCUT2D eigenvalue weighted by molar-refractivity contribution is 0.0201. The summed E-state index contributed by atoms with van der Waals surface area (Å²) < 4.78 is 5.36. The molecule has 1 aliphatic rings. The summed E-state index contributed by atoms with van der Waals surface area (Å²) in [5, 5.41) is 12.4. The van der Waals surface area contributed by atoms with Crippen LogP contribution in [0.1, 0.15) is 40.5 Å². The Morgan fingerprint density at radius 1 is 1.35 bits per heavy atom. The number of ether oxygens (including phenoxy) is 1. The smallest absolute Gasteiger partial charge is 0.410 e. The number of hydrogen-bond donors (Lipinski definition) is 2. The number of amides is 1. The lowest BCUT2D eigenvalue weighted by Gasteiger charge is -2.34. The maximum atomic E-state index is 11.9. The van der Waals surface area contributed by atoms with E-state index in [9.17, 15) is 4.79 Å². The Balaban J connectivity index is 2.42. The second-order valence-electron chi connectivity index (χ2n) is 5.97. The Kier molecular flexibility index (Phi) is 5.92. The number of nitrogens with zero attached hydrogens (tertiary/aromatic N) is 1. The van der Waals surface area contributed by atoms with Crippen molar-refractivity contribution in [2.75, 3.05) is 13.1 Å². The van der Waals surface area contributed by atoms with Crippen LogP contribution in [0.25, 0.3) is 0 Å². The molecule has 5 nitrogen and oxygen atoms in total. The lowest BCUT2D eigenvalue weighted by Crippen LogP contribution is -2.46. The van der Waals surface area contributed by atoms with Gasteiger partial charge in [-0.05, 0) is 46.6 Å². The van der Waals surface area contributed by atoms with Crippen LogP contribution in [0.15, 0.2) is 24.1 Å². The fourth-order valence-electron chi connectivity index (χ4n) is 2.08. The van der Waals surface area contributed by atoms with Crippen molar-refractivity contribution in [3.8, 4) is 0 Å². The predicted octanol–water partition coefficient (Wildman–Crippen LogP) is 2.95. The summed E-state index contributed by atoms with van der Waals surface area (Å²) in [6.45, 7) is 8.84. The molecule has 0 atom stereocenters. The summed E-state index contributed by atoms with van der Waals surface area (Å²) in [7, 11) is 0. The van der Waals surface area contributed by atoms with Gasteiger partial charge in [0, 0.05) is 19.1 Å². The molecule has 0 aromatic heterocycles. The highest BCUT2D eigenvalue weighted by Crippen LogP contribution is 2.16. The second kappa shape index (κ2) is 7.22. The number of nitrogens with one attached hydrogen (secondary N) is 1. The van der Waals surface area contributed by atoms with Crippen molar-refractivity contribution >= 4 is 6.09 Å². The van der Waals surface area contributed by atoms with E-state index < -0.39 is 5.60 Å². The molecular weight excluding hydrogens is 256 g/mol. The van der Waals surface area contributed by atoms with E-state index in [4.69, 9.17) is 9.84 Å². The van der Waals surface area contributed by atoms with Gasteiger partial charge < -0.3 is 20.1 Å². The first kappa shape index (κ1) is 16.4. The van der Waals surface area contributed by atoms with Crippen LogP contribution in [-0.2, 0) is 4.74 Å². The summed E-state index contributed by atoms with van der Waals surface area (Å²) in [5.74, 6) is 0. The van der Waals surface area contributed by atoms with Crippen LogP contribution in [0.3, 0.4) is 0 Å². The normalized spacial score (nSPS) is 18.4. The van der Waals surface area contributed by atoms with E-state index in [1.165, 1.54) is 0 Å². The molecule has 0 saturated carbocycles. The van der Waals surface area contributed by atoms with Crippen molar-refractivity contribution in [1.82, 2.24) is 10.2 Å². The fraction of sp³-hybridized carbons (Fsp3) is 0.667. The number of rotatable bonds is 3. The van der Waals surface area contributed by atoms with Crippen molar-refractivity contribution in [1.29, 1.82) is 0 Å². The van der Waals surface area contributed by atoms with Crippen molar-refractivity contribution in [3.05, 3.63) is 24.1 Å². The molecule has 1 aliphatic heterocycles. The number of piperidine rings is 1. The maximum Gasteiger partial charge on any atom is 0.410 e. The van der Waals surface area contributed by atoms with Crippen molar-refractivity contribution in [2.45, 2.75) is 52.2 Å². The monoisotopic (exact) mass is 282 g/mol. The molecule has 0 bridgehead atoms. The Morgan fingerprint density at radius 3 is 2.40 bits per heavy atom. The Morgan fingerprint density at radius 2 is 1.95 bits per heavy atom. The predicted molar refractivity (Wildman–Crippen MR) is 79.5 cm³/mol. The van der Waals surface area contributed by atoms with Gasteiger partial charge in [-0.1, -0.05) is 6.08 Å². The van der Waals surface area contributed by atoms with E-state index in [-0.39, 0.29) is 12.1 Å². The highest BCUT2D eigenvalue weighted by Gasteiger charge is 2.26. The van der Waals surface area contributed by atoms with Crippen molar-refractivity contribution in [3.63, 3.8) is 0 Å². The van der Waals surface area contributed by atoms with Gasteiger partial charge in [0.2, 0.25) is 0 Å². The van der Waals surface area contributed by atoms with Crippen LogP contribution in [0.5, 0.6) is 0 Å². The Bertz CT molecular complexity index is 375. The molecule has 1 heterocycles. The Hall–Kier alpha value is -1.65. The van der Waals surface area contributed by atoms with Gasteiger partial charge in [-0.25, -0.2) is 4.79 Å². The van der Waals surface area contributed by atoms with Crippen LogP contribution in [0.4, 0.5) is 4.79 Å². The van der Waals surface area contributed by atoms with Crippen LogP contribution in [0, 0.1) is 0 Å². The van der Waals surface area contributed by atoms with Gasteiger partial charge in [0.25, 0.3) is 0 Å². The molecule has 20 heavy (non-hydrogen) atoms. The minimum Gasteiger partial charge on any atom is -0.513 e. The molecule has 0 spiro atoms. The number of carbonyl (C=O) groups is 1. The van der Waals surface area contributed by atoms with E-state index in [0.717, 1.165) is 19.1 Å². The number of hydrogen-bond acceptors (Lipinski definition) is 4. The maximum absolute atomic E-state index is 11.9. The van der Waals surface area contributed by atoms with E-state index in [1.807, 2.05) is 39.8 Å². The zero-order valence-electron chi connectivity index (χ0n) is 12.8. The van der Waals surface area contributed by atoms with Gasteiger partial charge in [0.1, 0.15) is 11.9 Å². The molecule has 0 aromatic carbocycles. The number of aliphatic hydroxyl groups is 1. The molecule has 0 aliphatic carbocycles. The minimum absolute atomic E-state index is 0.248. The zero-order valence-corrected chi connectivity index (χ0v) is 12.8. The highest BCUT2D eigenvalue weighted by molar-refractivity contribution is 5.68. The molecule has 2 N–H and O–H groups in total. The SMILES string of the molecule is C/C=C\C(=C/O)NC1CCN(C(=O)OC(C)(C)C)CC1. The topological polar surface area (TPSA) is 61.8 Å². The molecule has 1 rings (SSSR count). The van der Waals surface area contributed by atoms with Crippen LogP contribution < -0.4 is 5.32 Å². The average Bonchev–Trinajstić information content (AvgIpc) is 2.37. The summed E-state index contributed by atoms with van der Waals surface area (Å²) >= 11 is 0. The summed E-state index contributed by atoms with van der Waals surface area (Å²) in [4.78, 5) is 13.7. The highest BCUT2D eigenvalue weighted by atomic mass is 16.6. The van der Waals surface area contributed by atoms with E-state index in [2.05, 4.69) is 5.32 Å².